The minimum atomic E-state index is 0.236. The molecule has 1 aliphatic rings. The van der Waals surface area contributed by atoms with Crippen molar-refractivity contribution in [2.24, 2.45) is 0 Å². The zero-order chi connectivity index (χ0) is 12.3. The first kappa shape index (κ1) is 12.4. The quantitative estimate of drug-likeness (QED) is 0.793. The van der Waals surface area contributed by atoms with E-state index in [-0.39, 0.29) is 11.5 Å². The van der Waals surface area contributed by atoms with Crippen LogP contribution < -0.4 is 4.74 Å². The minimum absolute atomic E-state index is 0.236. The molecule has 0 amide bonds. The Morgan fingerprint density at radius 2 is 2.00 bits per heavy atom. The Morgan fingerprint density at radius 3 is 2.53 bits per heavy atom. The molecule has 2 nitrogen and oxygen atoms in total. The van der Waals surface area contributed by atoms with Crippen LogP contribution in [0.2, 0.25) is 0 Å². The van der Waals surface area contributed by atoms with Gasteiger partial charge in [0.1, 0.15) is 11.9 Å². The Balaban J connectivity index is 2.02. The Kier molecular flexibility index (Phi) is 3.72. The molecule has 1 heterocycles. The molecule has 0 aromatic heterocycles. The molecule has 1 unspecified atom stereocenters. The van der Waals surface area contributed by atoms with Gasteiger partial charge in [-0.15, -0.1) is 0 Å². The summed E-state index contributed by atoms with van der Waals surface area (Å²) in [6.07, 6.45) is 2.38. The van der Waals surface area contributed by atoms with Gasteiger partial charge in [0.05, 0.1) is 13.2 Å². The second-order valence-corrected chi connectivity index (χ2v) is 5.37. The largest absolute Gasteiger partial charge is 0.488 e. The van der Waals surface area contributed by atoms with Crippen molar-refractivity contribution >= 4 is 0 Å². The molecule has 1 saturated heterocycles. The van der Waals surface area contributed by atoms with E-state index < -0.39 is 0 Å². The summed E-state index contributed by atoms with van der Waals surface area (Å²) in [7, 11) is 0. The lowest BCUT2D eigenvalue weighted by Gasteiger charge is -2.23. The maximum atomic E-state index is 5.85. The fraction of sp³-hybridized carbons (Fsp3) is 0.600. The number of hydrogen-bond donors (Lipinski definition) is 0. The topological polar surface area (TPSA) is 18.5 Å². The van der Waals surface area contributed by atoms with Crippen molar-refractivity contribution in [1.82, 2.24) is 0 Å². The molecular weight excluding hydrogens is 212 g/mol. The van der Waals surface area contributed by atoms with E-state index in [1.165, 1.54) is 5.56 Å². The Bertz CT molecular complexity index is 348. The highest BCUT2D eigenvalue weighted by molar-refractivity contribution is 5.31. The highest BCUT2D eigenvalue weighted by Crippen LogP contribution is 2.28. The third kappa shape index (κ3) is 3.01. The van der Waals surface area contributed by atoms with Gasteiger partial charge in [0.25, 0.3) is 0 Å². The van der Waals surface area contributed by atoms with Gasteiger partial charge < -0.3 is 9.47 Å². The van der Waals surface area contributed by atoms with Gasteiger partial charge in [0.15, 0.2) is 0 Å². The molecule has 2 rings (SSSR count). The first-order chi connectivity index (χ1) is 8.12. The highest BCUT2D eigenvalue weighted by Gasteiger charge is 2.19. The molecule has 0 radical (unpaired) electrons. The predicted octanol–water partition coefficient (Wildman–Crippen LogP) is 3.54. The molecule has 0 spiro atoms. The van der Waals surface area contributed by atoms with Crippen LogP contribution in [0.4, 0.5) is 0 Å². The lowest BCUT2D eigenvalue weighted by Crippen LogP contribution is -2.17. The smallest absolute Gasteiger partial charge is 0.124 e. The van der Waals surface area contributed by atoms with Crippen molar-refractivity contribution in [3.8, 4) is 5.75 Å². The molecule has 0 saturated carbocycles. The summed E-state index contributed by atoms with van der Waals surface area (Å²) < 4.78 is 11.2. The fourth-order valence-electron chi connectivity index (χ4n) is 1.99. The number of rotatable bonds is 4. The maximum Gasteiger partial charge on any atom is 0.124 e. The van der Waals surface area contributed by atoms with E-state index in [2.05, 4.69) is 45.0 Å². The fourth-order valence-corrected chi connectivity index (χ4v) is 1.99. The molecule has 0 N–H and O–H groups in total. The summed E-state index contributed by atoms with van der Waals surface area (Å²) in [5.74, 6) is 0.955. The van der Waals surface area contributed by atoms with Crippen molar-refractivity contribution in [1.29, 1.82) is 0 Å². The zero-order valence-corrected chi connectivity index (χ0v) is 11.0. The molecule has 0 aliphatic carbocycles. The average Bonchev–Trinajstić information content (AvgIpc) is 2.83. The van der Waals surface area contributed by atoms with Gasteiger partial charge >= 0.3 is 0 Å². The molecular formula is C15H22O2. The molecule has 1 aliphatic heterocycles. The van der Waals surface area contributed by atoms with Gasteiger partial charge in [0.2, 0.25) is 0 Å². The Hall–Kier alpha value is -1.02. The van der Waals surface area contributed by atoms with Gasteiger partial charge in [-0.1, -0.05) is 32.9 Å². The highest BCUT2D eigenvalue weighted by atomic mass is 16.5. The van der Waals surface area contributed by atoms with Crippen molar-refractivity contribution in [3.63, 3.8) is 0 Å². The van der Waals surface area contributed by atoms with Crippen molar-refractivity contribution in [2.45, 2.75) is 45.1 Å². The summed E-state index contributed by atoms with van der Waals surface area (Å²) in [5, 5.41) is 0. The van der Waals surface area contributed by atoms with Crippen LogP contribution >= 0.6 is 0 Å². The van der Waals surface area contributed by atoms with Crippen LogP contribution in [0.1, 0.15) is 39.2 Å². The van der Waals surface area contributed by atoms with Crippen molar-refractivity contribution in [3.05, 3.63) is 29.8 Å². The average molecular weight is 234 g/mol. The first-order valence-electron chi connectivity index (χ1n) is 6.47. The summed E-state index contributed by atoms with van der Waals surface area (Å²) in [6.45, 7) is 8.31. The third-order valence-electron chi connectivity index (χ3n) is 3.71. The lowest BCUT2D eigenvalue weighted by atomic mass is 9.82. The second-order valence-electron chi connectivity index (χ2n) is 5.37. The number of benzene rings is 1. The molecule has 1 fully saturated rings. The number of hydrogen-bond acceptors (Lipinski definition) is 2. The van der Waals surface area contributed by atoms with E-state index >= 15 is 0 Å². The monoisotopic (exact) mass is 234 g/mol. The molecule has 1 aromatic rings. The molecule has 1 atom stereocenters. The van der Waals surface area contributed by atoms with Crippen LogP contribution in [0.25, 0.3) is 0 Å². The van der Waals surface area contributed by atoms with Gasteiger partial charge in [-0.3, -0.25) is 0 Å². The minimum Gasteiger partial charge on any atom is -0.488 e. The van der Waals surface area contributed by atoms with Crippen LogP contribution in [-0.2, 0) is 10.2 Å². The normalized spacial score (nSPS) is 20.5. The van der Waals surface area contributed by atoms with Gasteiger partial charge in [0, 0.05) is 6.42 Å². The zero-order valence-electron chi connectivity index (χ0n) is 11.0. The van der Waals surface area contributed by atoms with Crippen molar-refractivity contribution in [2.75, 3.05) is 13.2 Å². The predicted molar refractivity (Wildman–Crippen MR) is 69.6 cm³/mol. The SMILES string of the molecule is CCC(C)(C)c1ccc(OC2CCOC2)cc1. The van der Waals surface area contributed by atoms with E-state index in [9.17, 15) is 0 Å². The summed E-state index contributed by atoms with van der Waals surface area (Å²) >= 11 is 0. The molecule has 1 aromatic carbocycles. The van der Waals surface area contributed by atoms with E-state index in [4.69, 9.17) is 9.47 Å². The molecule has 17 heavy (non-hydrogen) atoms. The Labute approximate surface area is 104 Å². The van der Waals surface area contributed by atoms with E-state index in [1.807, 2.05) is 0 Å². The van der Waals surface area contributed by atoms with Crippen LogP contribution in [0.3, 0.4) is 0 Å². The van der Waals surface area contributed by atoms with Gasteiger partial charge in [-0.2, -0.15) is 0 Å². The van der Waals surface area contributed by atoms with Crippen LogP contribution in [0, 0.1) is 0 Å². The van der Waals surface area contributed by atoms with Crippen LogP contribution in [0.5, 0.6) is 5.75 Å². The standard InChI is InChI=1S/C15H22O2/c1-4-15(2,3)12-5-7-13(8-6-12)17-14-9-10-16-11-14/h5-8,14H,4,9-11H2,1-3H3. The Morgan fingerprint density at radius 1 is 1.29 bits per heavy atom. The van der Waals surface area contributed by atoms with Gasteiger partial charge in [-0.25, -0.2) is 0 Å². The van der Waals surface area contributed by atoms with Crippen LogP contribution in [0.15, 0.2) is 24.3 Å². The summed E-state index contributed by atoms with van der Waals surface area (Å²) in [4.78, 5) is 0. The van der Waals surface area contributed by atoms with E-state index in [0.29, 0.717) is 0 Å². The molecule has 94 valence electrons. The second kappa shape index (κ2) is 5.09. The van der Waals surface area contributed by atoms with Crippen LogP contribution in [-0.4, -0.2) is 19.3 Å². The maximum absolute atomic E-state index is 5.85. The van der Waals surface area contributed by atoms with Crippen molar-refractivity contribution < 1.29 is 9.47 Å². The first-order valence-corrected chi connectivity index (χ1v) is 6.47. The van der Waals surface area contributed by atoms with E-state index in [1.54, 1.807) is 0 Å². The van der Waals surface area contributed by atoms with E-state index in [0.717, 1.165) is 31.8 Å². The lowest BCUT2D eigenvalue weighted by molar-refractivity contribution is 0.141. The van der Waals surface area contributed by atoms with Gasteiger partial charge in [-0.05, 0) is 29.5 Å². The third-order valence-corrected chi connectivity index (χ3v) is 3.71. The molecule has 0 bridgehead atoms. The molecule has 2 heteroatoms. The summed E-state index contributed by atoms with van der Waals surface area (Å²) in [5.41, 5.74) is 1.62. The number of ether oxygens (including phenoxy) is 2. The summed E-state index contributed by atoms with van der Waals surface area (Å²) in [6, 6.07) is 8.50.